The third kappa shape index (κ3) is 5.47. The maximum Gasteiger partial charge on any atom is 0.264 e. The lowest BCUT2D eigenvalue weighted by Crippen LogP contribution is -2.36. The summed E-state index contributed by atoms with van der Waals surface area (Å²) >= 11 is 0. The third-order valence-corrected chi connectivity index (χ3v) is 7.47. The lowest BCUT2D eigenvalue weighted by molar-refractivity contribution is 0.0960. The molecule has 0 aliphatic carbocycles. The van der Waals surface area contributed by atoms with Crippen molar-refractivity contribution in [1.82, 2.24) is 14.5 Å². The summed E-state index contributed by atoms with van der Waals surface area (Å²) in [6.45, 7) is 3.35. The molecule has 10 nitrogen and oxygen atoms in total. The average Bonchev–Trinajstić information content (AvgIpc) is 3.50. The van der Waals surface area contributed by atoms with Crippen molar-refractivity contribution in [2.45, 2.75) is 18.7 Å². The Kier molecular flexibility index (Phi) is 6.97. The highest BCUT2D eigenvalue weighted by Gasteiger charge is 2.30. The van der Waals surface area contributed by atoms with Gasteiger partial charge >= 0.3 is 0 Å². The summed E-state index contributed by atoms with van der Waals surface area (Å²) in [4.78, 5) is 27.0. The van der Waals surface area contributed by atoms with Gasteiger partial charge in [0.1, 0.15) is 23.0 Å². The molecule has 1 aliphatic heterocycles. The molecule has 0 radical (unpaired) electrons. The number of aromatic nitrogens is 2. The zero-order valence-electron chi connectivity index (χ0n) is 21.6. The maximum absolute atomic E-state index is 14.0. The van der Waals surface area contributed by atoms with E-state index >= 15 is 0 Å². The van der Waals surface area contributed by atoms with Crippen molar-refractivity contribution in [3.8, 4) is 0 Å². The quantitative estimate of drug-likeness (QED) is 0.0667. The standard InChI is InChI=1S/C28H22F2N6O4S/c1-15-10-16(2)36(34-15)28(31)35-41(39,40)21-7-5-6-17(13-21)25(37)24(26(38)18-11-19(29)14-20(30)12-18)27-32-22-8-3-4-9-23(22)33-27/h3-14,32-33H,1-2H3,(H2,31,35). The van der Waals surface area contributed by atoms with Crippen LogP contribution in [0.5, 0.6) is 0 Å². The van der Waals surface area contributed by atoms with Crippen LogP contribution in [0.4, 0.5) is 20.2 Å². The van der Waals surface area contributed by atoms with E-state index in [1.54, 1.807) is 44.2 Å². The molecule has 4 aromatic rings. The van der Waals surface area contributed by atoms with Crippen molar-refractivity contribution < 1.29 is 26.8 Å². The Labute approximate surface area is 233 Å². The van der Waals surface area contributed by atoms with Crippen molar-refractivity contribution >= 4 is 38.9 Å². The second-order valence-electron chi connectivity index (χ2n) is 9.18. The highest BCUT2D eigenvalue weighted by Crippen LogP contribution is 2.33. The van der Waals surface area contributed by atoms with E-state index in [9.17, 15) is 26.8 Å². The number of aryl methyl sites for hydroxylation is 2. The van der Waals surface area contributed by atoms with Gasteiger partial charge in [-0.1, -0.05) is 24.3 Å². The molecule has 3 aromatic carbocycles. The largest absolute Gasteiger partial charge is 0.339 e. The van der Waals surface area contributed by atoms with Crippen LogP contribution in [0.1, 0.15) is 32.1 Å². The molecule has 0 bridgehead atoms. The van der Waals surface area contributed by atoms with Crippen LogP contribution in [-0.4, -0.2) is 35.7 Å². The number of para-hydroxylation sites is 2. The van der Waals surface area contributed by atoms with Crippen LogP contribution in [0.3, 0.4) is 0 Å². The highest BCUT2D eigenvalue weighted by molar-refractivity contribution is 7.90. The fourth-order valence-corrected chi connectivity index (χ4v) is 5.32. The number of halogens is 2. The molecule has 0 saturated carbocycles. The van der Waals surface area contributed by atoms with E-state index in [4.69, 9.17) is 5.41 Å². The summed E-state index contributed by atoms with van der Waals surface area (Å²) in [6.07, 6.45) is 0. The zero-order chi connectivity index (χ0) is 29.5. The lowest BCUT2D eigenvalue weighted by atomic mass is 9.95. The second-order valence-corrected chi connectivity index (χ2v) is 10.9. The number of nitrogens with zero attached hydrogens (tertiary/aromatic N) is 2. The minimum absolute atomic E-state index is 0.0384. The van der Waals surface area contributed by atoms with Gasteiger partial charge in [-0.25, -0.2) is 26.6 Å². The number of carbonyl (C=O) groups is 2. The third-order valence-electron chi connectivity index (χ3n) is 6.13. The van der Waals surface area contributed by atoms with Crippen molar-refractivity contribution in [1.29, 1.82) is 5.41 Å². The van der Waals surface area contributed by atoms with E-state index in [1.165, 1.54) is 18.2 Å². The van der Waals surface area contributed by atoms with E-state index in [1.807, 2.05) is 0 Å². The number of anilines is 2. The molecule has 1 aromatic heterocycles. The predicted octanol–water partition coefficient (Wildman–Crippen LogP) is 4.35. The smallest absolute Gasteiger partial charge is 0.264 e. The Morgan fingerprint density at radius 2 is 1.46 bits per heavy atom. The zero-order valence-corrected chi connectivity index (χ0v) is 22.4. The summed E-state index contributed by atoms with van der Waals surface area (Å²) in [5.74, 6) is -4.49. The first-order chi connectivity index (χ1) is 19.4. The molecule has 0 amide bonds. The van der Waals surface area contributed by atoms with Crippen molar-refractivity contribution in [3.63, 3.8) is 0 Å². The summed E-state index contributed by atoms with van der Waals surface area (Å²) in [7, 11) is -4.36. The SMILES string of the molecule is Cc1cc(C)n(C(=N)NS(=O)(=O)c2cccc(C(=O)C(C(=O)c3cc(F)cc(F)c3)=C3Nc4ccccc4N3)c2)n1. The molecule has 2 heterocycles. The summed E-state index contributed by atoms with van der Waals surface area (Å²) in [6, 6.07) is 15.6. The van der Waals surface area contributed by atoms with Crippen molar-refractivity contribution in [2.24, 2.45) is 0 Å². The topological polar surface area (TPSA) is 146 Å². The molecule has 1 aliphatic rings. The number of allylic oxidation sites excluding steroid dienone is 1. The lowest BCUT2D eigenvalue weighted by Gasteiger charge is -2.13. The number of ketones is 2. The van der Waals surface area contributed by atoms with Crippen molar-refractivity contribution in [3.05, 3.63) is 118 Å². The Morgan fingerprint density at radius 3 is 2.05 bits per heavy atom. The van der Waals surface area contributed by atoms with Gasteiger partial charge in [0.25, 0.3) is 10.0 Å². The number of hydrogen-bond acceptors (Lipinski definition) is 8. The predicted molar refractivity (Wildman–Crippen MR) is 147 cm³/mol. The number of rotatable bonds is 6. The van der Waals surface area contributed by atoms with E-state index < -0.39 is 50.3 Å². The number of hydrogen-bond donors (Lipinski definition) is 4. The number of Topliss-reactive ketones (excluding diaryl/α,β-unsaturated/α-hetero) is 2. The molecule has 41 heavy (non-hydrogen) atoms. The molecule has 0 saturated heterocycles. The van der Waals surface area contributed by atoms with Gasteiger partial charge in [-0.15, -0.1) is 0 Å². The van der Waals surface area contributed by atoms with Gasteiger partial charge in [-0.2, -0.15) is 5.10 Å². The van der Waals surface area contributed by atoms with Gasteiger partial charge in [-0.05, 0) is 56.3 Å². The Bertz CT molecular complexity index is 1850. The van der Waals surface area contributed by atoms with Crippen LogP contribution in [0.15, 0.2) is 89.1 Å². The van der Waals surface area contributed by atoms with Gasteiger partial charge in [0, 0.05) is 22.9 Å². The number of nitrogens with one attached hydrogen (secondary N) is 4. The van der Waals surface area contributed by atoms with Gasteiger partial charge in [0.05, 0.1) is 22.0 Å². The van der Waals surface area contributed by atoms with Crippen LogP contribution < -0.4 is 15.4 Å². The van der Waals surface area contributed by atoms with E-state index in [0.717, 1.165) is 22.9 Å². The number of fused-ring (bicyclic) bond motifs is 1. The Morgan fingerprint density at radius 1 is 0.854 bits per heavy atom. The van der Waals surface area contributed by atoms with Crippen LogP contribution >= 0.6 is 0 Å². The molecule has 208 valence electrons. The first kappa shape index (κ1) is 27.4. The minimum atomic E-state index is -4.36. The first-order valence-corrected chi connectivity index (χ1v) is 13.6. The molecule has 13 heteroatoms. The minimum Gasteiger partial charge on any atom is -0.339 e. The van der Waals surface area contributed by atoms with E-state index in [0.29, 0.717) is 28.8 Å². The van der Waals surface area contributed by atoms with E-state index in [-0.39, 0.29) is 16.3 Å². The van der Waals surface area contributed by atoms with Gasteiger partial charge < -0.3 is 10.6 Å². The molecular weight excluding hydrogens is 554 g/mol. The molecule has 0 atom stereocenters. The molecule has 0 fully saturated rings. The fourth-order valence-electron chi connectivity index (χ4n) is 4.32. The molecular formula is C28H22F2N6O4S. The molecule has 4 N–H and O–H groups in total. The van der Waals surface area contributed by atoms with Crippen LogP contribution in [-0.2, 0) is 10.0 Å². The maximum atomic E-state index is 14.0. The molecule has 0 unspecified atom stereocenters. The van der Waals surface area contributed by atoms with Gasteiger partial charge in [0.2, 0.25) is 17.5 Å². The first-order valence-electron chi connectivity index (χ1n) is 12.1. The van der Waals surface area contributed by atoms with Gasteiger partial charge in [-0.3, -0.25) is 15.0 Å². The van der Waals surface area contributed by atoms with Crippen LogP contribution in [0, 0.1) is 30.9 Å². The fraction of sp³-hybridized carbons (Fsp3) is 0.0714. The second kappa shape index (κ2) is 10.4. The normalized spacial score (nSPS) is 12.2. The number of benzene rings is 3. The molecule has 5 rings (SSSR count). The number of carbonyl (C=O) groups excluding carboxylic acids is 2. The summed E-state index contributed by atoms with van der Waals surface area (Å²) < 4.78 is 57.4. The van der Waals surface area contributed by atoms with E-state index in [2.05, 4.69) is 20.5 Å². The monoisotopic (exact) mass is 576 g/mol. The van der Waals surface area contributed by atoms with Crippen LogP contribution in [0.2, 0.25) is 0 Å². The highest BCUT2D eigenvalue weighted by atomic mass is 32.2. The average molecular weight is 577 g/mol. The van der Waals surface area contributed by atoms with Gasteiger partial charge in [0.15, 0.2) is 0 Å². The summed E-state index contributed by atoms with van der Waals surface area (Å²) in [5, 5.41) is 18.1. The number of sulfonamides is 1. The Balaban J connectivity index is 1.53. The Hall–Kier alpha value is -5.17. The summed E-state index contributed by atoms with van der Waals surface area (Å²) in [5.41, 5.74) is 1.10. The van der Waals surface area contributed by atoms with Crippen molar-refractivity contribution in [2.75, 3.05) is 10.6 Å². The molecule has 0 spiro atoms. The van der Waals surface area contributed by atoms with Crippen LogP contribution in [0.25, 0.3) is 0 Å².